The highest BCUT2D eigenvalue weighted by Gasteiger charge is 2.18. The van der Waals surface area contributed by atoms with E-state index in [1.54, 1.807) is 0 Å². The van der Waals surface area contributed by atoms with Crippen LogP contribution in [0, 0.1) is 0 Å². The van der Waals surface area contributed by atoms with Gasteiger partial charge in [0.25, 0.3) is 0 Å². The first-order valence-corrected chi connectivity index (χ1v) is 9.82. The van der Waals surface area contributed by atoms with Gasteiger partial charge in [0.2, 0.25) is 0 Å². The lowest BCUT2D eigenvalue weighted by atomic mass is 10.0. The molecule has 2 heteroatoms. The second kappa shape index (κ2) is 7.05. The maximum Gasteiger partial charge on any atom is 0.0459 e. The first kappa shape index (κ1) is 16.3. The minimum Gasteiger partial charge on any atom is -0.358 e. The largest absolute Gasteiger partial charge is 0.358 e. The van der Waals surface area contributed by atoms with E-state index >= 15 is 0 Å². The van der Waals surface area contributed by atoms with Crippen molar-refractivity contribution in [1.29, 1.82) is 0 Å². The Morgan fingerprint density at radius 2 is 1.48 bits per heavy atom. The summed E-state index contributed by atoms with van der Waals surface area (Å²) in [5.74, 6) is 0. The van der Waals surface area contributed by atoms with Crippen molar-refractivity contribution in [2.24, 2.45) is 0 Å². The molecule has 0 amide bonds. The quantitative estimate of drug-likeness (QED) is 0.520. The Labute approximate surface area is 160 Å². The number of nitrogens with one attached hydrogen (secondary N) is 1. The summed E-state index contributed by atoms with van der Waals surface area (Å²) in [4.78, 5) is 6.27. The number of fused-ring (bicyclic) bond motifs is 3. The average molecular weight is 352 g/mol. The van der Waals surface area contributed by atoms with E-state index < -0.39 is 0 Å². The summed E-state index contributed by atoms with van der Waals surface area (Å²) in [6, 6.07) is 28.3. The molecule has 0 fully saturated rings. The van der Waals surface area contributed by atoms with E-state index in [0.29, 0.717) is 0 Å². The number of nitrogens with zero attached hydrogens (tertiary/aromatic N) is 1. The molecule has 2 nitrogen and oxygen atoms in total. The summed E-state index contributed by atoms with van der Waals surface area (Å²) in [6.07, 6.45) is 2.21. The van der Waals surface area contributed by atoms with Crippen LogP contribution in [0.5, 0.6) is 0 Å². The van der Waals surface area contributed by atoms with Crippen LogP contribution < -0.4 is 0 Å². The van der Waals surface area contributed by atoms with Gasteiger partial charge in [-0.15, -0.1) is 0 Å². The topological polar surface area (TPSA) is 19.0 Å². The van der Waals surface area contributed by atoms with Crippen molar-refractivity contribution in [2.75, 3.05) is 13.1 Å². The minimum atomic E-state index is 1.04. The van der Waals surface area contributed by atoms with Crippen LogP contribution in [-0.4, -0.2) is 23.0 Å². The van der Waals surface area contributed by atoms with E-state index in [9.17, 15) is 0 Å². The van der Waals surface area contributed by atoms with Gasteiger partial charge >= 0.3 is 0 Å². The third-order valence-electron chi connectivity index (χ3n) is 5.71. The molecule has 0 aliphatic carbocycles. The van der Waals surface area contributed by atoms with Crippen LogP contribution in [0.25, 0.3) is 22.0 Å². The fourth-order valence-electron chi connectivity index (χ4n) is 4.26. The first-order valence-electron chi connectivity index (χ1n) is 9.82. The molecule has 0 unspecified atom stereocenters. The van der Waals surface area contributed by atoms with Crippen LogP contribution in [-0.2, 0) is 19.4 Å². The Morgan fingerprint density at radius 1 is 0.741 bits per heavy atom. The van der Waals surface area contributed by atoms with Gasteiger partial charge in [-0.3, -0.25) is 4.90 Å². The third kappa shape index (κ3) is 3.29. The van der Waals surface area contributed by atoms with Crippen LogP contribution in [0.2, 0.25) is 0 Å². The molecule has 0 radical (unpaired) electrons. The van der Waals surface area contributed by atoms with Crippen LogP contribution in [0.4, 0.5) is 0 Å². The second-order valence-electron chi connectivity index (χ2n) is 7.47. The van der Waals surface area contributed by atoms with Crippen molar-refractivity contribution in [3.8, 4) is 11.1 Å². The van der Waals surface area contributed by atoms with Crippen molar-refractivity contribution in [3.05, 3.63) is 95.7 Å². The zero-order valence-corrected chi connectivity index (χ0v) is 15.5. The minimum absolute atomic E-state index is 1.04. The summed E-state index contributed by atoms with van der Waals surface area (Å²) >= 11 is 0. The van der Waals surface area contributed by atoms with Gasteiger partial charge in [-0.1, -0.05) is 66.7 Å². The Hall–Kier alpha value is -2.84. The first-order chi connectivity index (χ1) is 13.4. The van der Waals surface area contributed by atoms with E-state index in [4.69, 9.17) is 0 Å². The molecule has 1 aliphatic rings. The average Bonchev–Trinajstić information content (AvgIpc) is 2.96. The van der Waals surface area contributed by atoms with Crippen LogP contribution in [0.15, 0.2) is 78.9 Å². The molecule has 0 spiro atoms. The zero-order valence-electron chi connectivity index (χ0n) is 15.5. The van der Waals surface area contributed by atoms with Crippen molar-refractivity contribution in [1.82, 2.24) is 9.88 Å². The molecule has 5 rings (SSSR count). The van der Waals surface area contributed by atoms with E-state index in [-0.39, 0.29) is 0 Å². The number of aromatic amines is 1. The third-order valence-corrected chi connectivity index (χ3v) is 5.71. The molecule has 0 saturated heterocycles. The molecule has 134 valence electrons. The lowest BCUT2D eigenvalue weighted by Crippen LogP contribution is -2.26. The summed E-state index contributed by atoms with van der Waals surface area (Å²) in [7, 11) is 0. The molecule has 1 N–H and O–H groups in total. The number of benzene rings is 3. The van der Waals surface area contributed by atoms with Gasteiger partial charge in [-0.25, -0.2) is 0 Å². The highest BCUT2D eigenvalue weighted by Crippen LogP contribution is 2.30. The highest BCUT2D eigenvalue weighted by molar-refractivity contribution is 5.89. The fourth-order valence-corrected chi connectivity index (χ4v) is 4.26. The molecule has 4 aromatic rings. The molecule has 1 aromatic heterocycles. The molecule has 1 aliphatic heterocycles. The lowest BCUT2D eigenvalue weighted by Gasteiger charge is -2.19. The maximum atomic E-state index is 3.69. The predicted molar refractivity (Wildman–Crippen MR) is 113 cm³/mol. The van der Waals surface area contributed by atoms with Gasteiger partial charge in [-0.05, 0) is 40.8 Å². The van der Waals surface area contributed by atoms with Crippen LogP contribution in [0.3, 0.4) is 0 Å². The lowest BCUT2D eigenvalue weighted by molar-refractivity contribution is 0.279. The number of hydrogen-bond donors (Lipinski definition) is 1. The van der Waals surface area contributed by atoms with Gasteiger partial charge in [0.05, 0.1) is 0 Å². The highest BCUT2D eigenvalue weighted by atomic mass is 15.1. The van der Waals surface area contributed by atoms with Gasteiger partial charge in [-0.2, -0.15) is 0 Å². The molecule has 27 heavy (non-hydrogen) atoms. The van der Waals surface area contributed by atoms with Crippen LogP contribution in [0.1, 0.15) is 16.8 Å². The molecular weight excluding hydrogens is 328 g/mol. The summed E-state index contributed by atoms with van der Waals surface area (Å²) in [5, 5.41) is 1.40. The normalized spacial score (nSPS) is 14.8. The molecule has 0 atom stereocenters. The SMILES string of the molecule is c1ccc(CN2CCc3[nH]c4ccc(-c5ccccc5)cc4c3CC2)cc1. The Bertz CT molecular complexity index is 1050. The van der Waals surface area contributed by atoms with Gasteiger partial charge in [0.15, 0.2) is 0 Å². The Balaban J connectivity index is 1.43. The van der Waals surface area contributed by atoms with E-state index in [0.717, 1.165) is 32.5 Å². The van der Waals surface area contributed by atoms with E-state index in [2.05, 4.69) is 88.7 Å². The van der Waals surface area contributed by atoms with Crippen molar-refractivity contribution in [3.63, 3.8) is 0 Å². The second-order valence-corrected chi connectivity index (χ2v) is 7.47. The summed E-state index contributed by atoms with van der Waals surface area (Å²) in [5.41, 5.74) is 8.20. The molecule has 3 aromatic carbocycles. The number of aromatic nitrogens is 1. The smallest absolute Gasteiger partial charge is 0.0459 e. The van der Waals surface area contributed by atoms with Crippen molar-refractivity contribution >= 4 is 10.9 Å². The fraction of sp³-hybridized carbons (Fsp3) is 0.200. The Morgan fingerprint density at radius 3 is 2.30 bits per heavy atom. The maximum absolute atomic E-state index is 3.69. The molecule has 2 heterocycles. The van der Waals surface area contributed by atoms with Crippen molar-refractivity contribution in [2.45, 2.75) is 19.4 Å². The monoisotopic (exact) mass is 352 g/mol. The Kier molecular flexibility index (Phi) is 4.27. The van der Waals surface area contributed by atoms with Crippen LogP contribution >= 0.6 is 0 Å². The molecular formula is C25H24N2. The van der Waals surface area contributed by atoms with Gasteiger partial charge in [0.1, 0.15) is 0 Å². The molecule has 0 bridgehead atoms. The van der Waals surface area contributed by atoms with Gasteiger partial charge < -0.3 is 4.98 Å². The predicted octanol–water partition coefficient (Wildman–Crippen LogP) is 5.44. The summed E-state index contributed by atoms with van der Waals surface area (Å²) < 4.78 is 0. The number of hydrogen-bond acceptors (Lipinski definition) is 1. The summed E-state index contributed by atoms with van der Waals surface area (Å²) in [6.45, 7) is 3.27. The van der Waals surface area contributed by atoms with Crippen molar-refractivity contribution < 1.29 is 0 Å². The van der Waals surface area contributed by atoms with E-state index in [1.165, 1.54) is 38.9 Å². The number of rotatable bonds is 3. The standard InChI is InChI=1S/C25H24N2/c1-3-7-19(8-4-1)18-27-15-13-22-23-17-21(20-9-5-2-6-10-20)11-12-24(23)26-25(22)14-16-27/h1-12,17,26H,13-16,18H2. The zero-order chi connectivity index (χ0) is 18.1. The van der Waals surface area contributed by atoms with Gasteiger partial charge in [0, 0.05) is 42.7 Å². The molecule has 0 saturated carbocycles. The van der Waals surface area contributed by atoms with E-state index in [1.807, 2.05) is 0 Å². The number of H-pyrrole nitrogens is 1.